The van der Waals surface area contributed by atoms with Crippen LogP contribution >= 0.6 is 0 Å². The number of methoxy groups -OCH3 is 1. The summed E-state index contributed by atoms with van der Waals surface area (Å²) in [5.41, 5.74) is 0.0687. The van der Waals surface area contributed by atoms with Crippen LogP contribution in [0.2, 0.25) is 0 Å². The molecular weight excluding hydrogens is 268 g/mol. The molecule has 0 radical (unpaired) electrons. The topological polar surface area (TPSA) is 69.1 Å². The maximum absolute atomic E-state index is 9.32. The van der Waals surface area contributed by atoms with Crippen molar-refractivity contribution in [3.05, 3.63) is 0 Å². The summed E-state index contributed by atoms with van der Waals surface area (Å²) in [6.45, 7) is 7.55. The number of aliphatic hydroxyl groups excluding tert-OH is 1. The molecule has 0 amide bonds. The van der Waals surface area contributed by atoms with Gasteiger partial charge in [0.05, 0.1) is 13.2 Å². The summed E-state index contributed by atoms with van der Waals surface area (Å²) in [6.07, 6.45) is 3.24. The van der Waals surface area contributed by atoms with Gasteiger partial charge in [0.15, 0.2) is 5.96 Å². The van der Waals surface area contributed by atoms with Crippen molar-refractivity contribution in [1.82, 2.24) is 15.5 Å². The van der Waals surface area contributed by atoms with E-state index in [0.717, 1.165) is 58.0 Å². The molecule has 0 aromatic rings. The van der Waals surface area contributed by atoms with Crippen molar-refractivity contribution in [2.45, 2.75) is 26.2 Å². The molecule has 0 aromatic heterocycles. The van der Waals surface area contributed by atoms with Crippen LogP contribution in [0.15, 0.2) is 4.99 Å². The molecular formula is C15H32N4O2. The molecule has 1 aliphatic carbocycles. The summed E-state index contributed by atoms with van der Waals surface area (Å²) in [5, 5.41) is 15.9. The molecule has 6 nitrogen and oxygen atoms in total. The van der Waals surface area contributed by atoms with Gasteiger partial charge in [0.2, 0.25) is 0 Å². The van der Waals surface area contributed by atoms with Crippen molar-refractivity contribution < 1.29 is 9.84 Å². The van der Waals surface area contributed by atoms with Crippen LogP contribution in [0.3, 0.4) is 0 Å². The van der Waals surface area contributed by atoms with E-state index in [1.165, 1.54) is 0 Å². The number of hydrogen-bond donors (Lipinski definition) is 3. The van der Waals surface area contributed by atoms with E-state index in [1.54, 1.807) is 7.11 Å². The lowest BCUT2D eigenvalue weighted by Crippen LogP contribution is -2.41. The van der Waals surface area contributed by atoms with Gasteiger partial charge in [0, 0.05) is 45.3 Å². The average Bonchev–Trinajstić information content (AvgIpc) is 3.26. The minimum atomic E-state index is 0.0687. The predicted molar refractivity (Wildman–Crippen MR) is 86.7 cm³/mol. The highest BCUT2D eigenvalue weighted by Gasteiger charge is 2.41. The minimum Gasteiger partial charge on any atom is -0.396 e. The monoisotopic (exact) mass is 300 g/mol. The SMILES string of the molecule is CCNC(=NCC1(CO)CC1)NCCN(C)CCCOC. The Morgan fingerprint density at radius 3 is 2.67 bits per heavy atom. The molecule has 3 N–H and O–H groups in total. The van der Waals surface area contributed by atoms with Crippen LogP contribution in [0.25, 0.3) is 0 Å². The number of guanidine groups is 1. The lowest BCUT2D eigenvalue weighted by Gasteiger charge is -2.18. The fourth-order valence-corrected chi connectivity index (χ4v) is 2.09. The highest BCUT2D eigenvalue weighted by Crippen LogP contribution is 2.45. The Hall–Kier alpha value is -0.850. The van der Waals surface area contributed by atoms with E-state index < -0.39 is 0 Å². The number of nitrogens with zero attached hydrogens (tertiary/aromatic N) is 2. The molecule has 1 rings (SSSR count). The summed E-state index contributed by atoms with van der Waals surface area (Å²) in [5.74, 6) is 0.850. The third-order valence-corrected chi connectivity index (χ3v) is 3.88. The van der Waals surface area contributed by atoms with Gasteiger partial charge in [-0.1, -0.05) is 0 Å². The van der Waals surface area contributed by atoms with Crippen molar-refractivity contribution in [1.29, 1.82) is 0 Å². The Labute approximate surface area is 129 Å². The van der Waals surface area contributed by atoms with Crippen molar-refractivity contribution in [3.63, 3.8) is 0 Å². The van der Waals surface area contributed by atoms with E-state index in [4.69, 9.17) is 4.74 Å². The lowest BCUT2D eigenvalue weighted by atomic mass is 10.1. The van der Waals surface area contributed by atoms with Crippen LogP contribution in [0.4, 0.5) is 0 Å². The number of nitrogens with one attached hydrogen (secondary N) is 2. The summed E-state index contributed by atoms with van der Waals surface area (Å²) in [6, 6.07) is 0. The maximum atomic E-state index is 9.32. The maximum Gasteiger partial charge on any atom is 0.191 e. The van der Waals surface area contributed by atoms with Crippen LogP contribution in [0, 0.1) is 5.41 Å². The van der Waals surface area contributed by atoms with Gasteiger partial charge in [-0.2, -0.15) is 0 Å². The second kappa shape index (κ2) is 9.97. The van der Waals surface area contributed by atoms with Gasteiger partial charge in [-0.05, 0) is 33.2 Å². The summed E-state index contributed by atoms with van der Waals surface area (Å²) >= 11 is 0. The fraction of sp³-hybridized carbons (Fsp3) is 0.933. The Morgan fingerprint density at radius 1 is 1.33 bits per heavy atom. The van der Waals surface area contributed by atoms with Crippen LogP contribution in [0.5, 0.6) is 0 Å². The molecule has 0 saturated heterocycles. The van der Waals surface area contributed by atoms with Gasteiger partial charge >= 0.3 is 0 Å². The number of rotatable bonds is 11. The Balaban J connectivity index is 2.22. The summed E-state index contributed by atoms with van der Waals surface area (Å²) in [4.78, 5) is 6.87. The van der Waals surface area contributed by atoms with Crippen molar-refractivity contribution in [3.8, 4) is 0 Å². The molecule has 0 heterocycles. The van der Waals surface area contributed by atoms with E-state index >= 15 is 0 Å². The molecule has 1 saturated carbocycles. The van der Waals surface area contributed by atoms with Crippen LogP contribution in [-0.2, 0) is 4.74 Å². The average molecular weight is 300 g/mol. The fourth-order valence-electron chi connectivity index (χ4n) is 2.09. The number of aliphatic imine (C=N–C) groups is 1. The van der Waals surface area contributed by atoms with Gasteiger partial charge in [-0.3, -0.25) is 4.99 Å². The Bertz CT molecular complexity index is 306. The third kappa shape index (κ3) is 7.64. The normalized spacial score (nSPS) is 17.1. The molecule has 0 spiro atoms. The van der Waals surface area contributed by atoms with E-state index in [0.29, 0.717) is 6.54 Å². The molecule has 124 valence electrons. The highest BCUT2D eigenvalue weighted by molar-refractivity contribution is 5.79. The first-order valence-corrected chi connectivity index (χ1v) is 7.96. The van der Waals surface area contributed by atoms with Gasteiger partial charge in [0.25, 0.3) is 0 Å². The second-order valence-electron chi connectivity index (χ2n) is 5.93. The number of likely N-dealkylation sites (N-methyl/N-ethyl adjacent to an activating group) is 1. The molecule has 6 heteroatoms. The highest BCUT2D eigenvalue weighted by atomic mass is 16.5. The van der Waals surface area contributed by atoms with E-state index in [2.05, 4.69) is 34.5 Å². The Kier molecular flexibility index (Phi) is 8.64. The first kappa shape index (κ1) is 18.2. The quantitative estimate of drug-likeness (QED) is 0.290. The molecule has 0 aliphatic heterocycles. The Morgan fingerprint density at radius 2 is 2.10 bits per heavy atom. The molecule has 0 aromatic carbocycles. The third-order valence-electron chi connectivity index (χ3n) is 3.88. The van der Waals surface area contributed by atoms with E-state index in [-0.39, 0.29) is 12.0 Å². The first-order valence-electron chi connectivity index (χ1n) is 7.96. The zero-order valence-electron chi connectivity index (χ0n) is 13.8. The minimum absolute atomic E-state index is 0.0687. The molecule has 21 heavy (non-hydrogen) atoms. The number of aliphatic hydroxyl groups is 1. The molecule has 0 atom stereocenters. The van der Waals surface area contributed by atoms with Crippen molar-refractivity contribution in [2.75, 3.05) is 60.1 Å². The number of ether oxygens (including phenoxy) is 1. The smallest absolute Gasteiger partial charge is 0.191 e. The van der Waals surface area contributed by atoms with Crippen molar-refractivity contribution >= 4 is 5.96 Å². The summed E-state index contributed by atoms with van der Waals surface area (Å²) < 4.78 is 5.06. The first-order chi connectivity index (χ1) is 10.2. The zero-order valence-corrected chi connectivity index (χ0v) is 13.8. The lowest BCUT2D eigenvalue weighted by molar-refractivity contribution is 0.180. The van der Waals surface area contributed by atoms with Crippen LogP contribution < -0.4 is 10.6 Å². The van der Waals surface area contributed by atoms with Crippen molar-refractivity contribution in [2.24, 2.45) is 10.4 Å². The van der Waals surface area contributed by atoms with Gasteiger partial charge in [0.1, 0.15) is 0 Å². The van der Waals surface area contributed by atoms with E-state index in [1.807, 2.05) is 0 Å². The van der Waals surface area contributed by atoms with Gasteiger partial charge < -0.3 is 25.4 Å². The number of hydrogen-bond acceptors (Lipinski definition) is 4. The largest absolute Gasteiger partial charge is 0.396 e. The van der Waals surface area contributed by atoms with Gasteiger partial charge in [-0.15, -0.1) is 0 Å². The van der Waals surface area contributed by atoms with Gasteiger partial charge in [-0.25, -0.2) is 0 Å². The molecule has 0 bridgehead atoms. The molecule has 0 unspecified atom stereocenters. The van der Waals surface area contributed by atoms with Crippen LogP contribution in [0.1, 0.15) is 26.2 Å². The van der Waals surface area contributed by atoms with Crippen LogP contribution in [-0.4, -0.2) is 76.1 Å². The summed E-state index contributed by atoms with van der Waals surface area (Å²) in [7, 11) is 3.85. The van der Waals surface area contributed by atoms with E-state index in [9.17, 15) is 5.11 Å². The molecule has 1 aliphatic rings. The zero-order chi connectivity index (χ0) is 15.6. The second-order valence-corrected chi connectivity index (χ2v) is 5.93. The standard InChI is InChI=1S/C15H32N4O2/c1-4-16-14(18-12-15(13-20)6-7-15)17-8-10-19(2)9-5-11-21-3/h20H,4-13H2,1-3H3,(H2,16,17,18). The molecule has 1 fully saturated rings. The predicted octanol–water partition coefficient (Wildman–Crippen LogP) is 0.282.